The van der Waals surface area contributed by atoms with E-state index in [1.807, 2.05) is 19.1 Å². The zero-order valence-corrected chi connectivity index (χ0v) is 15.9. The van der Waals surface area contributed by atoms with Crippen molar-refractivity contribution in [1.29, 1.82) is 0 Å². The summed E-state index contributed by atoms with van der Waals surface area (Å²) in [6, 6.07) is 12.1. The van der Waals surface area contributed by atoms with E-state index in [-0.39, 0.29) is 18.3 Å². The highest BCUT2D eigenvalue weighted by Gasteiger charge is 2.16. The van der Waals surface area contributed by atoms with Gasteiger partial charge in [0, 0.05) is 28.7 Å². The van der Waals surface area contributed by atoms with Crippen molar-refractivity contribution in [3.05, 3.63) is 82.1 Å². The molecule has 0 aliphatic heterocycles. The topological polar surface area (TPSA) is 51.0 Å². The lowest BCUT2D eigenvalue weighted by atomic mass is 10.1. The Morgan fingerprint density at radius 3 is 2.65 bits per heavy atom. The van der Waals surface area contributed by atoms with Crippen LogP contribution >= 0.6 is 15.9 Å². The third-order valence-corrected chi connectivity index (χ3v) is 4.54. The minimum atomic E-state index is -0.317. The molecule has 0 atom stereocenters. The van der Waals surface area contributed by atoms with Gasteiger partial charge in [-0.3, -0.25) is 4.79 Å². The first-order valence-electron chi connectivity index (χ1n) is 8.21. The van der Waals surface area contributed by atoms with E-state index in [2.05, 4.69) is 26.0 Å². The first-order chi connectivity index (χ1) is 12.6. The maximum absolute atomic E-state index is 14.0. The smallest absolute Gasteiger partial charge is 0.254 e. The van der Waals surface area contributed by atoms with Crippen LogP contribution in [0.1, 0.15) is 28.4 Å². The summed E-state index contributed by atoms with van der Waals surface area (Å²) < 4.78 is 16.5. The zero-order valence-electron chi connectivity index (χ0n) is 14.3. The number of halogens is 2. The molecule has 1 heterocycles. The summed E-state index contributed by atoms with van der Waals surface area (Å²) in [5, 5.41) is 4.06. The van der Waals surface area contributed by atoms with Gasteiger partial charge in [0.25, 0.3) is 5.91 Å². The van der Waals surface area contributed by atoms with E-state index in [1.54, 1.807) is 40.2 Å². The maximum atomic E-state index is 14.0. The van der Waals surface area contributed by atoms with Gasteiger partial charge < -0.3 is 4.90 Å². The predicted octanol–water partition coefficient (Wildman–Crippen LogP) is 3.89. The Morgan fingerprint density at radius 1 is 1.23 bits per heavy atom. The third-order valence-electron chi connectivity index (χ3n) is 4.05. The molecular weight excluding hydrogens is 399 g/mol. The lowest BCUT2D eigenvalue weighted by Gasteiger charge is -2.21. The fourth-order valence-corrected chi connectivity index (χ4v) is 3.04. The Labute approximate surface area is 159 Å². The monoisotopic (exact) mass is 416 g/mol. The molecule has 0 N–H and O–H groups in total. The number of amides is 1. The molecule has 0 aliphatic carbocycles. The van der Waals surface area contributed by atoms with Gasteiger partial charge in [0.2, 0.25) is 0 Å². The molecule has 0 radical (unpaired) electrons. The van der Waals surface area contributed by atoms with Crippen molar-refractivity contribution in [2.75, 3.05) is 6.54 Å². The number of benzene rings is 2. The molecule has 26 heavy (non-hydrogen) atoms. The number of carbonyl (C=O) groups excluding carboxylic acids is 1. The van der Waals surface area contributed by atoms with Crippen molar-refractivity contribution in [2.24, 2.45) is 0 Å². The van der Waals surface area contributed by atoms with Gasteiger partial charge in [-0.2, -0.15) is 5.10 Å². The Hall–Kier alpha value is -2.54. The van der Waals surface area contributed by atoms with Gasteiger partial charge in [-0.25, -0.2) is 14.1 Å². The molecule has 0 fully saturated rings. The fourth-order valence-electron chi connectivity index (χ4n) is 2.63. The average molecular weight is 417 g/mol. The van der Waals surface area contributed by atoms with Crippen molar-refractivity contribution < 1.29 is 9.18 Å². The van der Waals surface area contributed by atoms with Crippen LogP contribution in [0.3, 0.4) is 0 Å². The number of hydrogen-bond acceptors (Lipinski definition) is 3. The normalized spacial score (nSPS) is 10.7. The summed E-state index contributed by atoms with van der Waals surface area (Å²) >= 11 is 3.34. The third kappa shape index (κ3) is 4.35. The molecule has 0 bridgehead atoms. The van der Waals surface area contributed by atoms with Crippen LogP contribution in [0.2, 0.25) is 0 Å². The molecule has 7 heteroatoms. The Kier molecular flexibility index (Phi) is 5.78. The summed E-state index contributed by atoms with van der Waals surface area (Å²) in [5.74, 6) is -0.443. The highest BCUT2D eigenvalue weighted by molar-refractivity contribution is 9.10. The van der Waals surface area contributed by atoms with Crippen LogP contribution in [0, 0.1) is 5.82 Å². The molecule has 2 aromatic carbocycles. The van der Waals surface area contributed by atoms with Crippen LogP contribution < -0.4 is 0 Å². The van der Waals surface area contributed by atoms with Gasteiger partial charge in [0.05, 0.1) is 6.54 Å². The Morgan fingerprint density at radius 2 is 2.00 bits per heavy atom. The fraction of sp³-hybridized carbons (Fsp3) is 0.211. The number of rotatable bonds is 6. The standard InChI is InChI=1S/C19H18BrFN4O/c1-2-24(11-16-9-17(20)7-8-18(16)21)19(26)15-5-3-14(4-6-15)10-25-13-22-12-23-25/h3-9,12-13H,2,10-11H2,1H3. The van der Waals surface area contributed by atoms with E-state index in [0.717, 1.165) is 10.0 Å². The van der Waals surface area contributed by atoms with E-state index >= 15 is 0 Å². The molecule has 3 aromatic rings. The second kappa shape index (κ2) is 8.23. The van der Waals surface area contributed by atoms with Crippen LogP contribution in [-0.4, -0.2) is 32.1 Å². The minimum absolute atomic E-state index is 0.126. The van der Waals surface area contributed by atoms with Crippen molar-refractivity contribution >= 4 is 21.8 Å². The molecule has 0 saturated heterocycles. The Balaban J connectivity index is 1.72. The van der Waals surface area contributed by atoms with Crippen molar-refractivity contribution in [3.63, 3.8) is 0 Å². The van der Waals surface area contributed by atoms with Crippen LogP contribution in [0.4, 0.5) is 4.39 Å². The predicted molar refractivity (Wildman–Crippen MR) is 100 cm³/mol. The molecule has 0 aliphatic rings. The molecule has 0 unspecified atom stereocenters. The molecule has 0 spiro atoms. The summed E-state index contributed by atoms with van der Waals surface area (Å²) in [4.78, 5) is 18.3. The van der Waals surface area contributed by atoms with Crippen LogP contribution in [0.15, 0.2) is 59.6 Å². The van der Waals surface area contributed by atoms with Crippen molar-refractivity contribution in [1.82, 2.24) is 19.7 Å². The molecule has 1 aromatic heterocycles. The van der Waals surface area contributed by atoms with Crippen LogP contribution in [0.5, 0.6) is 0 Å². The van der Waals surface area contributed by atoms with Gasteiger partial charge in [0.1, 0.15) is 18.5 Å². The minimum Gasteiger partial charge on any atom is -0.334 e. The molecule has 1 amide bonds. The summed E-state index contributed by atoms with van der Waals surface area (Å²) in [6.07, 6.45) is 3.13. The maximum Gasteiger partial charge on any atom is 0.254 e. The van der Waals surface area contributed by atoms with Gasteiger partial charge in [-0.1, -0.05) is 28.1 Å². The van der Waals surface area contributed by atoms with Gasteiger partial charge in [-0.15, -0.1) is 0 Å². The van der Waals surface area contributed by atoms with Gasteiger partial charge in [0.15, 0.2) is 0 Å². The Bertz CT molecular complexity index is 881. The highest BCUT2D eigenvalue weighted by atomic mass is 79.9. The van der Waals surface area contributed by atoms with E-state index in [1.165, 1.54) is 12.4 Å². The average Bonchev–Trinajstić information content (AvgIpc) is 3.15. The quantitative estimate of drug-likeness (QED) is 0.612. The van der Waals surface area contributed by atoms with Crippen LogP contribution in [-0.2, 0) is 13.1 Å². The molecule has 0 saturated carbocycles. The second-order valence-electron chi connectivity index (χ2n) is 5.85. The van der Waals surface area contributed by atoms with E-state index in [9.17, 15) is 9.18 Å². The summed E-state index contributed by atoms with van der Waals surface area (Å²) in [6.45, 7) is 3.19. The largest absolute Gasteiger partial charge is 0.334 e. The summed E-state index contributed by atoms with van der Waals surface area (Å²) in [7, 11) is 0. The first-order valence-corrected chi connectivity index (χ1v) is 9.00. The van der Waals surface area contributed by atoms with E-state index in [4.69, 9.17) is 0 Å². The second-order valence-corrected chi connectivity index (χ2v) is 6.76. The lowest BCUT2D eigenvalue weighted by molar-refractivity contribution is 0.0751. The number of nitrogens with zero attached hydrogens (tertiary/aromatic N) is 4. The van der Waals surface area contributed by atoms with Crippen molar-refractivity contribution in [3.8, 4) is 0 Å². The zero-order chi connectivity index (χ0) is 18.5. The molecule has 134 valence electrons. The van der Waals surface area contributed by atoms with Crippen LogP contribution in [0.25, 0.3) is 0 Å². The number of hydrogen-bond donors (Lipinski definition) is 0. The molecular formula is C19H18BrFN4O. The van der Waals surface area contributed by atoms with E-state index < -0.39 is 0 Å². The number of carbonyl (C=O) groups is 1. The number of aromatic nitrogens is 3. The summed E-state index contributed by atoms with van der Waals surface area (Å²) in [5.41, 5.74) is 2.08. The van der Waals surface area contributed by atoms with Crippen molar-refractivity contribution in [2.45, 2.75) is 20.0 Å². The molecule has 5 nitrogen and oxygen atoms in total. The van der Waals surface area contributed by atoms with Gasteiger partial charge >= 0.3 is 0 Å². The lowest BCUT2D eigenvalue weighted by Crippen LogP contribution is -2.30. The van der Waals surface area contributed by atoms with Gasteiger partial charge in [-0.05, 0) is 42.8 Å². The SMILES string of the molecule is CCN(Cc1cc(Br)ccc1F)C(=O)c1ccc(Cn2cncn2)cc1. The molecule has 3 rings (SSSR count). The first kappa shape index (κ1) is 18.3. The van der Waals surface area contributed by atoms with E-state index in [0.29, 0.717) is 24.2 Å². The highest BCUT2D eigenvalue weighted by Crippen LogP contribution is 2.18.